The van der Waals surface area contributed by atoms with Gasteiger partial charge < -0.3 is 4.74 Å². The minimum absolute atomic E-state index is 0.271. The van der Waals surface area contributed by atoms with Crippen LogP contribution in [0.4, 0.5) is 8.78 Å². The van der Waals surface area contributed by atoms with Gasteiger partial charge in [0.25, 0.3) is 0 Å². The maximum Gasteiger partial charge on any atom is 0.307 e. The molecule has 1 aromatic heterocycles. The average molecular weight is 361 g/mol. The number of hydrogen-bond acceptors (Lipinski definition) is 5. The standard InChI is InChI=1S/C14H13F2NO4S2/c1-21-14(18)8-11(12-3-2-6-22-12)17-23(19,20)13-7-9(15)4-5-10(13)16/h2-7,11,17H,8H2,1H3. The molecule has 0 aliphatic carbocycles. The number of esters is 1. The number of carbonyl (C=O) groups is 1. The second-order valence-corrected chi connectivity index (χ2v) is 7.21. The fourth-order valence-electron chi connectivity index (χ4n) is 1.87. The highest BCUT2D eigenvalue weighted by Gasteiger charge is 2.27. The van der Waals surface area contributed by atoms with E-state index in [-0.39, 0.29) is 6.42 Å². The molecule has 0 saturated carbocycles. The zero-order valence-corrected chi connectivity index (χ0v) is 13.6. The summed E-state index contributed by atoms with van der Waals surface area (Å²) < 4.78 is 58.3. The predicted molar refractivity (Wildman–Crippen MR) is 80.4 cm³/mol. The van der Waals surface area contributed by atoms with Crippen molar-refractivity contribution < 1.29 is 26.7 Å². The number of rotatable bonds is 6. The van der Waals surface area contributed by atoms with Gasteiger partial charge in [-0.1, -0.05) is 6.07 Å². The van der Waals surface area contributed by atoms with E-state index in [1.807, 2.05) is 0 Å². The summed E-state index contributed by atoms with van der Waals surface area (Å²) in [5.74, 6) is -2.60. The van der Waals surface area contributed by atoms with Gasteiger partial charge in [0.2, 0.25) is 10.0 Å². The Hall–Kier alpha value is -1.84. The minimum atomic E-state index is -4.36. The lowest BCUT2D eigenvalue weighted by Gasteiger charge is -2.17. The van der Waals surface area contributed by atoms with Gasteiger partial charge in [-0.15, -0.1) is 11.3 Å². The highest BCUT2D eigenvalue weighted by atomic mass is 32.2. The van der Waals surface area contributed by atoms with Crippen molar-refractivity contribution in [1.82, 2.24) is 4.72 Å². The molecule has 124 valence electrons. The Labute approximate surface area is 136 Å². The van der Waals surface area contributed by atoms with Gasteiger partial charge in [0.15, 0.2) is 0 Å². The summed E-state index contributed by atoms with van der Waals surface area (Å²) in [4.78, 5) is 11.2. The first-order chi connectivity index (χ1) is 10.8. The first kappa shape index (κ1) is 17.5. The van der Waals surface area contributed by atoms with Gasteiger partial charge in [0.1, 0.15) is 16.5 Å². The van der Waals surface area contributed by atoms with Crippen LogP contribution in [0.3, 0.4) is 0 Å². The van der Waals surface area contributed by atoms with E-state index in [0.29, 0.717) is 10.9 Å². The molecular weight excluding hydrogens is 348 g/mol. The van der Waals surface area contributed by atoms with Gasteiger partial charge in [0, 0.05) is 4.88 Å². The zero-order chi connectivity index (χ0) is 17.0. The van der Waals surface area contributed by atoms with Crippen LogP contribution in [0.25, 0.3) is 0 Å². The van der Waals surface area contributed by atoms with E-state index >= 15 is 0 Å². The van der Waals surface area contributed by atoms with E-state index in [9.17, 15) is 22.0 Å². The molecule has 5 nitrogen and oxygen atoms in total. The number of methoxy groups -OCH3 is 1. The van der Waals surface area contributed by atoms with E-state index in [2.05, 4.69) is 9.46 Å². The SMILES string of the molecule is COC(=O)CC(NS(=O)(=O)c1cc(F)ccc1F)c1cccs1. The topological polar surface area (TPSA) is 72.5 Å². The smallest absolute Gasteiger partial charge is 0.307 e. The summed E-state index contributed by atoms with van der Waals surface area (Å²) in [6.45, 7) is 0. The third-order valence-electron chi connectivity index (χ3n) is 2.97. The summed E-state index contributed by atoms with van der Waals surface area (Å²) in [7, 11) is -3.18. The fraction of sp³-hybridized carbons (Fsp3) is 0.214. The van der Waals surface area contributed by atoms with E-state index in [4.69, 9.17) is 0 Å². The Morgan fingerprint density at radius 3 is 2.70 bits per heavy atom. The monoisotopic (exact) mass is 361 g/mol. The Morgan fingerprint density at radius 2 is 2.09 bits per heavy atom. The Balaban J connectivity index is 2.34. The fourth-order valence-corrected chi connectivity index (χ4v) is 4.03. The van der Waals surface area contributed by atoms with Crippen molar-refractivity contribution in [3.8, 4) is 0 Å². The molecule has 0 saturated heterocycles. The molecule has 1 unspecified atom stereocenters. The first-order valence-electron chi connectivity index (χ1n) is 6.41. The molecule has 0 bridgehead atoms. The van der Waals surface area contributed by atoms with Crippen LogP contribution in [0.1, 0.15) is 17.3 Å². The van der Waals surface area contributed by atoms with Crippen molar-refractivity contribution in [2.24, 2.45) is 0 Å². The number of carbonyl (C=O) groups excluding carboxylic acids is 1. The molecule has 1 N–H and O–H groups in total. The van der Waals surface area contributed by atoms with Crippen LogP contribution < -0.4 is 4.72 Å². The van der Waals surface area contributed by atoms with Crippen LogP contribution in [0.15, 0.2) is 40.6 Å². The molecule has 1 heterocycles. The van der Waals surface area contributed by atoms with Crippen LogP contribution >= 0.6 is 11.3 Å². The van der Waals surface area contributed by atoms with E-state index < -0.39 is 38.6 Å². The van der Waals surface area contributed by atoms with Crippen LogP contribution in [-0.4, -0.2) is 21.5 Å². The first-order valence-corrected chi connectivity index (χ1v) is 8.77. The molecule has 1 aromatic carbocycles. The summed E-state index contributed by atoms with van der Waals surface area (Å²) in [5, 5.41) is 1.71. The number of hydrogen-bond donors (Lipinski definition) is 1. The number of sulfonamides is 1. The second kappa shape index (κ2) is 7.16. The molecule has 2 aromatic rings. The lowest BCUT2D eigenvalue weighted by atomic mass is 10.2. The molecule has 1 atom stereocenters. The van der Waals surface area contributed by atoms with Crippen molar-refractivity contribution >= 4 is 27.3 Å². The van der Waals surface area contributed by atoms with Crippen LogP contribution in [0.5, 0.6) is 0 Å². The Morgan fingerprint density at radius 1 is 1.35 bits per heavy atom. The lowest BCUT2D eigenvalue weighted by molar-refractivity contribution is -0.141. The average Bonchev–Trinajstić information content (AvgIpc) is 3.03. The maximum atomic E-state index is 13.7. The summed E-state index contributed by atoms with van der Waals surface area (Å²) in [5.41, 5.74) is 0. The van der Waals surface area contributed by atoms with Crippen molar-refractivity contribution in [1.29, 1.82) is 0 Å². The molecule has 23 heavy (non-hydrogen) atoms. The van der Waals surface area contributed by atoms with E-state index in [1.54, 1.807) is 17.5 Å². The molecule has 9 heteroatoms. The number of ether oxygens (including phenoxy) is 1. The van der Waals surface area contributed by atoms with Gasteiger partial charge in [0.05, 0.1) is 19.6 Å². The third kappa shape index (κ3) is 4.34. The molecule has 0 fully saturated rings. The van der Waals surface area contributed by atoms with Gasteiger partial charge in [-0.25, -0.2) is 21.9 Å². The maximum absolute atomic E-state index is 13.7. The molecule has 0 aliphatic heterocycles. The Bertz CT molecular complexity index is 791. The van der Waals surface area contributed by atoms with Crippen molar-refractivity contribution in [2.45, 2.75) is 17.4 Å². The predicted octanol–water partition coefficient (Wildman–Crippen LogP) is 2.61. The molecule has 0 amide bonds. The normalized spacial score (nSPS) is 12.8. The summed E-state index contributed by atoms with van der Waals surface area (Å²) in [6.07, 6.45) is -0.271. The highest BCUT2D eigenvalue weighted by Crippen LogP contribution is 2.26. The van der Waals surface area contributed by atoms with Gasteiger partial charge in [-0.3, -0.25) is 4.79 Å². The van der Waals surface area contributed by atoms with E-state index in [0.717, 1.165) is 12.1 Å². The Kier molecular flexibility index (Phi) is 5.45. The van der Waals surface area contributed by atoms with Gasteiger partial charge in [-0.2, -0.15) is 0 Å². The van der Waals surface area contributed by atoms with Crippen molar-refractivity contribution in [3.05, 3.63) is 52.2 Å². The molecule has 0 radical (unpaired) electrons. The molecular formula is C14H13F2NO4S2. The number of benzene rings is 1. The van der Waals surface area contributed by atoms with Crippen LogP contribution in [0.2, 0.25) is 0 Å². The molecule has 0 spiro atoms. The lowest BCUT2D eigenvalue weighted by Crippen LogP contribution is -2.30. The highest BCUT2D eigenvalue weighted by molar-refractivity contribution is 7.89. The van der Waals surface area contributed by atoms with Crippen molar-refractivity contribution in [3.63, 3.8) is 0 Å². The van der Waals surface area contributed by atoms with Crippen LogP contribution in [-0.2, 0) is 19.6 Å². The summed E-state index contributed by atoms with van der Waals surface area (Å²) in [6, 6.07) is 4.50. The molecule has 2 rings (SSSR count). The number of nitrogens with one attached hydrogen (secondary N) is 1. The third-order valence-corrected chi connectivity index (χ3v) is 5.44. The second-order valence-electron chi connectivity index (χ2n) is 4.54. The zero-order valence-electron chi connectivity index (χ0n) is 12.0. The van der Waals surface area contributed by atoms with Gasteiger partial charge in [-0.05, 0) is 29.6 Å². The number of halogens is 2. The minimum Gasteiger partial charge on any atom is -0.469 e. The van der Waals surface area contributed by atoms with Gasteiger partial charge >= 0.3 is 5.97 Å². The number of thiophene rings is 1. The molecule has 0 aliphatic rings. The largest absolute Gasteiger partial charge is 0.469 e. The van der Waals surface area contributed by atoms with Crippen molar-refractivity contribution in [2.75, 3.05) is 7.11 Å². The quantitative estimate of drug-likeness (QED) is 0.803. The van der Waals surface area contributed by atoms with Crippen LogP contribution in [0, 0.1) is 11.6 Å². The summed E-state index contributed by atoms with van der Waals surface area (Å²) >= 11 is 1.22. The van der Waals surface area contributed by atoms with E-state index in [1.165, 1.54) is 18.4 Å².